The monoisotopic (exact) mass is 766 g/mol. The van der Waals surface area contributed by atoms with Crippen molar-refractivity contribution in [3.63, 3.8) is 0 Å². The molecule has 52 heavy (non-hydrogen) atoms. The number of carbonyl (C=O) groups is 3. The SMILES string of the molecule is CCCCN(CCCC)C(C(=O)N1C[C@@H](CN(C)C)Cc2cc(Cl)ccc21)C(C)c1c[nH]c2ccccc12.FC(F)F.O=C(O)C(F)(F)F.O=CO. The van der Waals surface area contributed by atoms with Gasteiger partial charge in [0.2, 0.25) is 5.91 Å². The van der Waals surface area contributed by atoms with Gasteiger partial charge in [-0.3, -0.25) is 14.5 Å². The molecule has 4 rings (SSSR count). The molecule has 16 heteroatoms. The number of halogens is 7. The third-order valence-electron chi connectivity index (χ3n) is 8.24. The number of para-hydroxylation sites is 1. The van der Waals surface area contributed by atoms with Crippen LogP contribution in [0.4, 0.5) is 32.0 Å². The number of aromatic amines is 1. The van der Waals surface area contributed by atoms with Crippen LogP contribution in [0.15, 0.2) is 48.7 Å². The molecule has 1 aliphatic heterocycles. The molecule has 1 aromatic heterocycles. The summed E-state index contributed by atoms with van der Waals surface area (Å²) >= 11 is 6.43. The standard InChI is InChI=1S/C32H45ClN4O.C2HF3O2.CHF3.CH2O2/c1-6-8-16-36(17-9-7-2)31(23(3)28-20-34-29-13-11-10-12-27(28)29)32(38)37-22-24(21-35(4)5)18-25-19-26(33)14-15-30(25)37;3-2(4,5)1(6)7;2-1(3)4;2-1-3/h10-15,19-20,23-24,31,34H,6-9,16-18,21-22H2,1-5H3;(H,6,7);1H;1H,(H,2,3)/t23?,24-,31?;;;/m1.../s1. The Hall–Kier alpha value is -3.82. The highest BCUT2D eigenvalue weighted by molar-refractivity contribution is 6.30. The van der Waals surface area contributed by atoms with E-state index in [1.165, 1.54) is 16.5 Å². The van der Waals surface area contributed by atoms with Gasteiger partial charge in [0.1, 0.15) is 0 Å². The van der Waals surface area contributed by atoms with E-state index in [1.54, 1.807) is 0 Å². The molecule has 0 radical (unpaired) electrons. The Labute approximate surface area is 305 Å². The fraction of sp³-hybridized carbons (Fsp3) is 0.528. The van der Waals surface area contributed by atoms with Gasteiger partial charge in [0.15, 0.2) is 0 Å². The molecule has 3 atom stereocenters. The first-order chi connectivity index (χ1) is 24.4. The lowest BCUT2D eigenvalue weighted by Gasteiger charge is -2.42. The van der Waals surface area contributed by atoms with E-state index in [-0.39, 0.29) is 24.3 Å². The minimum Gasteiger partial charge on any atom is -0.483 e. The van der Waals surface area contributed by atoms with Crippen LogP contribution in [0.25, 0.3) is 10.9 Å². The molecule has 292 valence electrons. The highest BCUT2D eigenvalue weighted by Gasteiger charge is 2.39. The number of hydrogen-bond donors (Lipinski definition) is 3. The van der Waals surface area contributed by atoms with Crippen molar-refractivity contribution in [2.24, 2.45) is 5.92 Å². The number of nitrogens with one attached hydrogen (secondary N) is 1. The second-order valence-corrected chi connectivity index (χ2v) is 12.9. The average Bonchev–Trinajstić information content (AvgIpc) is 3.49. The molecular weight excluding hydrogens is 718 g/mol. The number of alkyl halides is 6. The predicted molar refractivity (Wildman–Crippen MR) is 191 cm³/mol. The number of nitrogens with zero attached hydrogens (tertiary/aromatic N) is 3. The van der Waals surface area contributed by atoms with Crippen molar-refractivity contribution >= 4 is 46.5 Å². The Morgan fingerprint density at radius 1 is 1.06 bits per heavy atom. The molecular formula is C36H49ClF6N4O5. The topological polar surface area (TPSA) is 117 Å². The maximum absolute atomic E-state index is 14.8. The minimum absolute atomic E-state index is 0.0392. The number of fused-ring (bicyclic) bond motifs is 2. The normalized spacial score (nSPS) is 15.1. The summed E-state index contributed by atoms with van der Waals surface area (Å²) in [6.07, 6.45) is 2.37. The van der Waals surface area contributed by atoms with E-state index in [0.717, 1.165) is 74.5 Å². The van der Waals surface area contributed by atoms with E-state index < -0.39 is 18.8 Å². The van der Waals surface area contributed by atoms with Crippen LogP contribution in [0.5, 0.6) is 0 Å². The quantitative estimate of drug-likeness (QED) is 0.125. The van der Waals surface area contributed by atoms with Crippen LogP contribution in [0.1, 0.15) is 63.5 Å². The lowest BCUT2D eigenvalue weighted by Crippen LogP contribution is -2.54. The molecule has 0 aliphatic carbocycles. The molecule has 1 amide bonds. The van der Waals surface area contributed by atoms with Gasteiger partial charge in [-0.1, -0.05) is 63.4 Å². The van der Waals surface area contributed by atoms with Gasteiger partial charge in [-0.15, -0.1) is 0 Å². The number of carboxylic acid groups (broad SMARTS) is 2. The largest absolute Gasteiger partial charge is 0.490 e. The van der Waals surface area contributed by atoms with Crippen molar-refractivity contribution < 1.29 is 50.9 Å². The molecule has 3 N–H and O–H groups in total. The number of H-pyrrole nitrogens is 1. The summed E-state index contributed by atoms with van der Waals surface area (Å²) in [5, 5.41) is 16.0. The van der Waals surface area contributed by atoms with Crippen molar-refractivity contribution in [2.45, 2.75) is 77.7 Å². The number of hydrogen-bond acceptors (Lipinski definition) is 5. The fourth-order valence-electron chi connectivity index (χ4n) is 6.16. The number of unbranched alkanes of at least 4 members (excludes halogenated alkanes) is 2. The van der Waals surface area contributed by atoms with Crippen LogP contribution >= 0.6 is 11.6 Å². The van der Waals surface area contributed by atoms with Crippen LogP contribution in [0.3, 0.4) is 0 Å². The lowest BCUT2D eigenvalue weighted by atomic mass is 9.87. The highest BCUT2D eigenvalue weighted by Crippen LogP contribution is 2.36. The summed E-state index contributed by atoms with van der Waals surface area (Å²) in [6.45, 7) is 6.33. The average molecular weight is 767 g/mol. The number of benzene rings is 2. The smallest absolute Gasteiger partial charge is 0.483 e. The van der Waals surface area contributed by atoms with Crippen molar-refractivity contribution in [2.75, 3.05) is 45.2 Å². The number of rotatable bonds is 12. The Morgan fingerprint density at radius 3 is 2.10 bits per heavy atom. The predicted octanol–water partition coefficient (Wildman–Crippen LogP) is 8.48. The fourth-order valence-corrected chi connectivity index (χ4v) is 6.35. The first-order valence-corrected chi connectivity index (χ1v) is 17.2. The summed E-state index contributed by atoms with van der Waals surface area (Å²) in [6, 6.07) is 14.2. The molecule has 0 fully saturated rings. The second kappa shape index (κ2) is 23.0. The Morgan fingerprint density at radius 2 is 1.60 bits per heavy atom. The number of carboxylic acids is 1. The van der Waals surface area contributed by atoms with Crippen molar-refractivity contribution in [3.8, 4) is 0 Å². The number of amides is 1. The van der Waals surface area contributed by atoms with E-state index in [2.05, 4.69) is 97.1 Å². The van der Waals surface area contributed by atoms with Crippen molar-refractivity contribution in [1.82, 2.24) is 14.8 Å². The van der Waals surface area contributed by atoms with Gasteiger partial charge in [-0.25, -0.2) is 4.79 Å². The zero-order valence-electron chi connectivity index (χ0n) is 30.0. The zero-order chi connectivity index (χ0) is 39.6. The van der Waals surface area contributed by atoms with E-state index in [4.69, 9.17) is 31.4 Å². The third-order valence-corrected chi connectivity index (χ3v) is 8.48. The summed E-state index contributed by atoms with van der Waals surface area (Å²) < 4.78 is 60.7. The van der Waals surface area contributed by atoms with Crippen molar-refractivity contribution in [1.29, 1.82) is 0 Å². The molecule has 1 aliphatic rings. The van der Waals surface area contributed by atoms with Gasteiger partial charge in [-0.2, -0.15) is 26.3 Å². The molecule has 0 saturated carbocycles. The summed E-state index contributed by atoms with van der Waals surface area (Å²) in [7, 11) is 4.22. The second-order valence-electron chi connectivity index (χ2n) is 12.5. The molecule has 2 aromatic carbocycles. The molecule has 9 nitrogen and oxygen atoms in total. The molecule has 0 saturated heterocycles. The molecule has 0 spiro atoms. The van der Waals surface area contributed by atoms with Gasteiger partial charge in [-0.05, 0) is 87.8 Å². The minimum atomic E-state index is -5.08. The molecule has 2 heterocycles. The van der Waals surface area contributed by atoms with Gasteiger partial charge >= 0.3 is 18.8 Å². The summed E-state index contributed by atoms with van der Waals surface area (Å²) in [5.74, 6) is -2.14. The van der Waals surface area contributed by atoms with E-state index in [1.807, 2.05) is 6.07 Å². The van der Waals surface area contributed by atoms with E-state index in [9.17, 15) is 31.1 Å². The third kappa shape index (κ3) is 15.0. The first kappa shape index (κ1) is 46.2. The maximum atomic E-state index is 14.8. The highest BCUT2D eigenvalue weighted by atomic mass is 35.5. The maximum Gasteiger partial charge on any atom is 0.490 e. The van der Waals surface area contributed by atoms with Crippen molar-refractivity contribution in [3.05, 3.63) is 64.8 Å². The number of anilines is 1. The molecule has 3 aromatic rings. The lowest BCUT2D eigenvalue weighted by molar-refractivity contribution is -0.192. The first-order valence-electron chi connectivity index (χ1n) is 16.8. The van der Waals surface area contributed by atoms with Crippen LogP contribution in [-0.4, -0.2) is 103 Å². The van der Waals surface area contributed by atoms with Gasteiger partial charge in [0.25, 0.3) is 6.47 Å². The number of aliphatic carboxylic acids is 1. The molecule has 0 bridgehead atoms. The summed E-state index contributed by atoms with van der Waals surface area (Å²) in [4.78, 5) is 42.3. The summed E-state index contributed by atoms with van der Waals surface area (Å²) in [5.41, 5.74) is 4.54. The molecule has 2 unspecified atom stereocenters. The van der Waals surface area contributed by atoms with Crippen LogP contribution in [0, 0.1) is 5.92 Å². The van der Waals surface area contributed by atoms with Gasteiger partial charge < -0.3 is 25.0 Å². The number of aromatic nitrogens is 1. The zero-order valence-corrected chi connectivity index (χ0v) is 30.7. The Balaban J connectivity index is 0.000000823. The Bertz CT molecular complexity index is 1510. The van der Waals surface area contributed by atoms with Crippen LogP contribution in [0.2, 0.25) is 5.02 Å². The van der Waals surface area contributed by atoms with Gasteiger partial charge in [0, 0.05) is 46.8 Å². The van der Waals surface area contributed by atoms with Crippen LogP contribution in [-0.2, 0) is 20.8 Å². The number of carbonyl (C=O) groups excluding carboxylic acids is 1. The Kier molecular flexibility index (Phi) is 20.4. The van der Waals surface area contributed by atoms with Crippen LogP contribution < -0.4 is 4.90 Å². The van der Waals surface area contributed by atoms with E-state index in [0.29, 0.717) is 5.92 Å². The van der Waals surface area contributed by atoms with Gasteiger partial charge in [0.05, 0.1) is 6.04 Å². The van der Waals surface area contributed by atoms with E-state index >= 15 is 0 Å².